The highest BCUT2D eigenvalue weighted by Gasteiger charge is 2.23. The minimum absolute atomic E-state index is 0.0260. The lowest BCUT2D eigenvalue weighted by Crippen LogP contribution is -2.46. The van der Waals surface area contributed by atoms with Crippen LogP contribution in [0.2, 0.25) is 0 Å². The van der Waals surface area contributed by atoms with Gasteiger partial charge in [0, 0.05) is 44.3 Å². The fourth-order valence-electron chi connectivity index (χ4n) is 3.99. The number of aromatic nitrogens is 3. The molecule has 3 aromatic rings. The first-order valence-electron chi connectivity index (χ1n) is 10.2. The van der Waals surface area contributed by atoms with Crippen LogP contribution in [-0.4, -0.2) is 47.3 Å². The van der Waals surface area contributed by atoms with Crippen molar-refractivity contribution in [3.63, 3.8) is 0 Å². The molecule has 2 aliphatic heterocycles. The van der Waals surface area contributed by atoms with Gasteiger partial charge in [0.15, 0.2) is 5.13 Å². The zero-order valence-corrected chi connectivity index (χ0v) is 17.6. The smallest absolute Gasteiger partial charge is 0.261 e. The Labute approximate surface area is 173 Å². The number of hydrogen-bond donors (Lipinski definition) is 0. The summed E-state index contributed by atoms with van der Waals surface area (Å²) in [5.74, 6) is 0. The Hall–Kier alpha value is -2.45. The van der Waals surface area contributed by atoms with Gasteiger partial charge in [0.1, 0.15) is 0 Å². The lowest BCUT2D eigenvalue weighted by molar-refractivity contribution is 0.112. The van der Waals surface area contributed by atoms with Crippen molar-refractivity contribution in [3.05, 3.63) is 45.5 Å². The van der Waals surface area contributed by atoms with Crippen LogP contribution in [0.15, 0.2) is 29.3 Å². The standard InChI is InChI=1S/C21H25N5O2S/c1-14(2)26-13-22-18-11-15(3-4-16(18)20(26)27)24-6-8-25(9-7-24)21-23-17-5-10-28-12-19(17)29-21/h3-4,11,13-14H,5-10,12H2,1-2H3. The van der Waals surface area contributed by atoms with Crippen LogP contribution in [0.5, 0.6) is 0 Å². The van der Waals surface area contributed by atoms with Gasteiger partial charge in [0.25, 0.3) is 5.56 Å². The van der Waals surface area contributed by atoms with Crippen molar-refractivity contribution < 1.29 is 4.74 Å². The summed E-state index contributed by atoms with van der Waals surface area (Å²) in [4.78, 5) is 28.0. The molecule has 152 valence electrons. The normalized spacial score (nSPS) is 17.2. The van der Waals surface area contributed by atoms with Crippen molar-refractivity contribution in [2.75, 3.05) is 42.6 Å². The summed E-state index contributed by atoms with van der Waals surface area (Å²) in [5.41, 5.74) is 3.13. The molecule has 4 heterocycles. The van der Waals surface area contributed by atoms with Crippen molar-refractivity contribution in [1.29, 1.82) is 0 Å². The maximum absolute atomic E-state index is 12.6. The molecule has 7 nitrogen and oxygen atoms in total. The van der Waals surface area contributed by atoms with Crippen LogP contribution in [0.3, 0.4) is 0 Å². The molecule has 0 amide bonds. The van der Waals surface area contributed by atoms with E-state index in [1.807, 2.05) is 32.0 Å². The number of nitrogens with zero attached hydrogens (tertiary/aromatic N) is 5. The number of anilines is 2. The molecule has 0 radical (unpaired) electrons. The fourth-order valence-corrected chi connectivity index (χ4v) is 5.09. The van der Waals surface area contributed by atoms with E-state index in [4.69, 9.17) is 9.72 Å². The van der Waals surface area contributed by atoms with E-state index in [-0.39, 0.29) is 11.6 Å². The van der Waals surface area contributed by atoms with Crippen LogP contribution < -0.4 is 15.4 Å². The molecule has 5 rings (SSSR count). The molecule has 0 aliphatic carbocycles. The zero-order chi connectivity index (χ0) is 20.0. The van der Waals surface area contributed by atoms with E-state index in [1.54, 1.807) is 22.2 Å². The molecular weight excluding hydrogens is 386 g/mol. The summed E-state index contributed by atoms with van der Waals surface area (Å²) in [6.07, 6.45) is 2.58. The van der Waals surface area contributed by atoms with Crippen molar-refractivity contribution in [2.24, 2.45) is 0 Å². The molecule has 2 aromatic heterocycles. The molecule has 1 saturated heterocycles. The highest BCUT2D eigenvalue weighted by atomic mass is 32.1. The number of ether oxygens (including phenoxy) is 1. The Balaban J connectivity index is 1.32. The van der Waals surface area contributed by atoms with Crippen molar-refractivity contribution in [3.8, 4) is 0 Å². The van der Waals surface area contributed by atoms with E-state index < -0.39 is 0 Å². The van der Waals surface area contributed by atoms with Crippen LogP contribution in [0.1, 0.15) is 30.5 Å². The SMILES string of the molecule is CC(C)n1cnc2cc(N3CCN(c4nc5c(s4)COCC5)CC3)ccc2c1=O. The molecule has 0 spiro atoms. The first-order chi connectivity index (χ1) is 14.1. The molecule has 2 aliphatic rings. The monoisotopic (exact) mass is 411 g/mol. The summed E-state index contributed by atoms with van der Waals surface area (Å²) < 4.78 is 7.23. The third-order valence-electron chi connectivity index (χ3n) is 5.72. The molecule has 8 heteroatoms. The van der Waals surface area contributed by atoms with E-state index in [0.29, 0.717) is 12.0 Å². The van der Waals surface area contributed by atoms with Crippen molar-refractivity contribution >= 4 is 33.1 Å². The third kappa shape index (κ3) is 3.40. The largest absolute Gasteiger partial charge is 0.375 e. The zero-order valence-electron chi connectivity index (χ0n) is 16.8. The molecule has 1 fully saturated rings. The number of piperazine rings is 1. The van der Waals surface area contributed by atoms with Crippen LogP contribution in [-0.2, 0) is 17.8 Å². The second-order valence-electron chi connectivity index (χ2n) is 7.90. The quantitative estimate of drug-likeness (QED) is 0.660. The average molecular weight is 412 g/mol. The maximum atomic E-state index is 12.6. The van der Waals surface area contributed by atoms with E-state index in [1.165, 1.54) is 10.6 Å². The third-order valence-corrected chi connectivity index (χ3v) is 6.85. The fraction of sp³-hybridized carbons (Fsp3) is 0.476. The summed E-state index contributed by atoms with van der Waals surface area (Å²) >= 11 is 1.77. The van der Waals surface area contributed by atoms with Gasteiger partial charge in [0.2, 0.25) is 0 Å². The predicted octanol–water partition coefficient (Wildman–Crippen LogP) is 2.83. The van der Waals surface area contributed by atoms with Crippen molar-refractivity contribution in [1.82, 2.24) is 14.5 Å². The van der Waals surface area contributed by atoms with Crippen LogP contribution in [0.25, 0.3) is 10.9 Å². The van der Waals surface area contributed by atoms with E-state index in [9.17, 15) is 4.79 Å². The summed E-state index contributed by atoms with van der Waals surface area (Å²) in [7, 11) is 0. The topological polar surface area (TPSA) is 63.5 Å². The van der Waals surface area contributed by atoms with Gasteiger partial charge in [-0.15, -0.1) is 0 Å². The summed E-state index contributed by atoms with van der Waals surface area (Å²) in [5, 5.41) is 1.80. The van der Waals surface area contributed by atoms with Gasteiger partial charge in [-0.2, -0.15) is 0 Å². The minimum Gasteiger partial charge on any atom is -0.375 e. The maximum Gasteiger partial charge on any atom is 0.261 e. The van der Waals surface area contributed by atoms with Gasteiger partial charge in [0.05, 0.1) is 41.0 Å². The number of hydrogen-bond acceptors (Lipinski definition) is 7. The van der Waals surface area contributed by atoms with Crippen LogP contribution in [0, 0.1) is 0 Å². The Bertz CT molecular complexity index is 1070. The van der Waals surface area contributed by atoms with Gasteiger partial charge in [-0.05, 0) is 32.0 Å². The first-order valence-corrected chi connectivity index (χ1v) is 11.0. The molecule has 0 saturated carbocycles. The predicted molar refractivity (Wildman–Crippen MR) is 116 cm³/mol. The van der Waals surface area contributed by atoms with Crippen LogP contribution >= 0.6 is 11.3 Å². The first kappa shape index (κ1) is 18.6. The van der Waals surface area contributed by atoms with E-state index in [0.717, 1.165) is 55.5 Å². The Morgan fingerprint density at radius 3 is 2.69 bits per heavy atom. The molecule has 0 N–H and O–H groups in total. The Morgan fingerprint density at radius 1 is 1.14 bits per heavy atom. The second kappa shape index (κ2) is 7.42. The van der Waals surface area contributed by atoms with Gasteiger partial charge in [-0.25, -0.2) is 9.97 Å². The number of thiazole rings is 1. The number of rotatable bonds is 3. The van der Waals surface area contributed by atoms with Gasteiger partial charge >= 0.3 is 0 Å². The minimum atomic E-state index is 0.0260. The second-order valence-corrected chi connectivity index (χ2v) is 8.96. The molecule has 0 unspecified atom stereocenters. The average Bonchev–Trinajstić information content (AvgIpc) is 3.18. The van der Waals surface area contributed by atoms with Crippen molar-refractivity contribution in [2.45, 2.75) is 32.9 Å². The molecule has 0 bridgehead atoms. The highest BCUT2D eigenvalue weighted by Crippen LogP contribution is 2.31. The summed E-state index contributed by atoms with van der Waals surface area (Å²) in [6.45, 7) is 9.20. The van der Waals surface area contributed by atoms with E-state index >= 15 is 0 Å². The lowest BCUT2D eigenvalue weighted by Gasteiger charge is -2.36. The lowest BCUT2D eigenvalue weighted by atomic mass is 10.2. The molecule has 29 heavy (non-hydrogen) atoms. The molecular formula is C21H25N5O2S. The molecule has 1 aromatic carbocycles. The van der Waals surface area contributed by atoms with Crippen LogP contribution in [0.4, 0.5) is 10.8 Å². The van der Waals surface area contributed by atoms with Gasteiger partial charge < -0.3 is 14.5 Å². The Kier molecular flexibility index (Phi) is 4.75. The van der Waals surface area contributed by atoms with E-state index in [2.05, 4.69) is 14.8 Å². The summed E-state index contributed by atoms with van der Waals surface area (Å²) in [6, 6.07) is 6.11. The number of benzene rings is 1. The van der Waals surface area contributed by atoms with Gasteiger partial charge in [-0.1, -0.05) is 11.3 Å². The number of fused-ring (bicyclic) bond motifs is 2. The Morgan fingerprint density at radius 2 is 1.93 bits per heavy atom. The molecule has 0 atom stereocenters. The van der Waals surface area contributed by atoms with Gasteiger partial charge in [-0.3, -0.25) is 9.36 Å². The highest BCUT2D eigenvalue weighted by molar-refractivity contribution is 7.15.